The van der Waals surface area contributed by atoms with Crippen LogP contribution in [0.25, 0.3) is 16.8 Å². The van der Waals surface area contributed by atoms with Gasteiger partial charge in [0.05, 0.1) is 18.9 Å². The second kappa shape index (κ2) is 10.4. The first-order chi connectivity index (χ1) is 19.1. The van der Waals surface area contributed by atoms with Crippen molar-refractivity contribution in [3.63, 3.8) is 0 Å². The fourth-order valence-corrected chi connectivity index (χ4v) is 5.56. The van der Waals surface area contributed by atoms with Crippen LogP contribution in [0.5, 0.6) is 5.75 Å². The van der Waals surface area contributed by atoms with E-state index in [4.69, 9.17) is 4.74 Å². The highest BCUT2D eigenvalue weighted by atomic mass is 16.5. The van der Waals surface area contributed by atoms with Crippen molar-refractivity contribution in [2.45, 2.75) is 25.5 Å². The van der Waals surface area contributed by atoms with E-state index in [1.54, 1.807) is 16.7 Å². The number of aliphatic hydroxyl groups is 1. The second-order valence-electron chi connectivity index (χ2n) is 9.99. The van der Waals surface area contributed by atoms with Crippen molar-refractivity contribution >= 4 is 11.6 Å². The number of fused-ring (bicyclic) bond motifs is 1. The molecule has 0 unspecified atom stereocenters. The molecule has 3 heterocycles. The zero-order valence-electron chi connectivity index (χ0n) is 21.7. The van der Waals surface area contributed by atoms with Gasteiger partial charge in [-0.05, 0) is 65.9 Å². The van der Waals surface area contributed by atoms with Gasteiger partial charge in [-0.1, -0.05) is 36.4 Å². The molecular formula is C31H29N5O3. The third kappa shape index (κ3) is 4.67. The number of aliphatic hydroxyl groups excluding tert-OH is 1. The van der Waals surface area contributed by atoms with Gasteiger partial charge < -0.3 is 14.7 Å². The lowest BCUT2D eigenvalue weighted by molar-refractivity contribution is 0.0973. The Morgan fingerprint density at radius 3 is 2.46 bits per heavy atom. The maximum Gasteiger partial charge on any atom is 0.277 e. The fourth-order valence-electron chi connectivity index (χ4n) is 5.56. The summed E-state index contributed by atoms with van der Waals surface area (Å²) in [4.78, 5) is 17.8. The van der Waals surface area contributed by atoms with E-state index in [0.717, 1.165) is 36.3 Å². The summed E-state index contributed by atoms with van der Waals surface area (Å²) < 4.78 is 6.83. The zero-order chi connectivity index (χ0) is 26.9. The first kappa shape index (κ1) is 24.9. The van der Waals surface area contributed by atoms with Crippen LogP contribution in [-0.2, 0) is 13.0 Å². The second-order valence-corrected chi connectivity index (χ2v) is 9.99. The van der Waals surface area contributed by atoms with Crippen molar-refractivity contribution in [2.75, 3.05) is 31.6 Å². The predicted molar refractivity (Wildman–Crippen MR) is 148 cm³/mol. The standard InChI is InChI=1S/C31H29N5O3/c1-39-26-12-10-24(11-13-26)36-30-28(29(18-32)33-36)15-17-35(31(30)38)23-8-6-21(7-9-23)27-5-3-2-4-22(27)19-34-16-14-25(37)20-34/h2-13,25,37H,14-17,19-20H2,1H3/t25-/m1/s1. The molecule has 4 aromatic rings. The number of rotatable bonds is 6. The van der Waals surface area contributed by atoms with Gasteiger partial charge in [0.2, 0.25) is 0 Å². The summed E-state index contributed by atoms with van der Waals surface area (Å²) in [7, 11) is 1.60. The van der Waals surface area contributed by atoms with Crippen LogP contribution in [0.4, 0.5) is 5.69 Å². The van der Waals surface area contributed by atoms with Gasteiger partial charge in [0, 0.05) is 37.4 Å². The average Bonchev–Trinajstić information content (AvgIpc) is 3.57. The van der Waals surface area contributed by atoms with E-state index >= 15 is 0 Å². The molecule has 8 nitrogen and oxygen atoms in total. The van der Waals surface area contributed by atoms with E-state index in [2.05, 4.69) is 40.3 Å². The first-order valence-electron chi connectivity index (χ1n) is 13.1. The summed E-state index contributed by atoms with van der Waals surface area (Å²) in [6.07, 6.45) is 1.12. The monoisotopic (exact) mass is 519 g/mol. The highest BCUT2D eigenvalue weighted by Gasteiger charge is 2.33. The van der Waals surface area contributed by atoms with Crippen LogP contribution < -0.4 is 9.64 Å². The lowest BCUT2D eigenvalue weighted by atomic mass is 9.98. The minimum atomic E-state index is -0.246. The number of carbonyl (C=O) groups is 1. The first-order valence-corrected chi connectivity index (χ1v) is 13.1. The lowest BCUT2D eigenvalue weighted by Gasteiger charge is -2.28. The van der Waals surface area contributed by atoms with Crippen LogP contribution in [0.15, 0.2) is 72.8 Å². The molecule has 1 fully saturated rings. The molecule has 1 saturated heterocycles. The molecular weight excluding hydrogens is 490 g/mol. The van der Waals surface area contributed by atoms with Crippen LogP contribution in [0, 0.1) is 11.3 Å². The van der Waals surface area contributed by atoms with E-state index in [1.807, 2.05) is 48.5 Å². The number of methoxy groups -OCH3 is 1. The molecule has 2 aliphatic rings. The molecule has 0 radical (unpaired) electrons. The van der Waals surface area contributed by atoms with Crippen molar-refractivity contribution in [2.24, 2.45) is 0 Å². The number of benzene rings is 3. The van der Waals surface area contributed by atoms with Crippen LogP contribution in [0.2, 0.25) is 0 Å². The topological polar surface area (TPSA) is 94.6 Å². The lowest BCUT2D eigenvalue weighted by Crippen LogP contribution is -2.38. The van der Waals surface area contributed by atoms with Crippen LogP contribution in [-0.4, -0.2) is 58.5 Å². The van der Waals surface area contributed by atoms with Gasteiger partial charge in [0.1, 0.15) is 17.5 Å². The molecule has 1 aromatic heterocycles. The number of hydrogen-bond acceptors (Lipinski definition) is 6. The Hall–Kier alpha value is -4.45. The SMILES string of the molecule is COc1ccc(-n2nc(C#N)c3c2C(=O)N(c2ccc(-c4ccccc4CN4CC[C@@H](O)C4)cc2)CC3)cc1. The van der Waals surface area contributed by atoms with Crippen molar-refractivity contribution < 1.29 is 14.6 Å². The van der Waals surface area contributed by atoms with E-state index in [9.17, 15) is 15.2 Å². The molecule has 39 heavy (non-hydrogen) atoms. The number of β-amino-alcohol motifs (C(OH)–C–C–N with tert-alkyl or cyclic N) is 1. The molecule has 2 aliphatic heterocycles. The quantitative estimate of drug-likeness (QED) is 0.411. The minimum absolute atomic E-state index is 0.179. The van der Waals surface area contributed by atoms with Crippen molar-refractivity contribution in [3.05, 3.63) is 95.3 Å². The Morgan fingerprint density at radius 2 is 1.77 bits per heavy atom. The molecule has 3 aromatic carbocycles. The Balaban J connectivity index is 1.28. The summed E-state index contributed by atoms with van der Waals surface area (Å²) in [6, 6.07) is 25.8. The minimum Gasteiger partial charge on any atom is -0.497 e. The van der Waals surface area contributed by atoms with Gasteiger partial charge in [-0.3, -0.25) is 9.69 Å². The number of ether oxygens (including phenoxy) is 1. The number of carbonyl (C=O) groups excluding carboxylic acids is 1. The smallest absolute Gasteiger partial charge is 0.277 e. The summed E-state index contributed by atoms with van der Waals surface area (Å²) in [5.41, 5.74) is 6.33. The van der Waals surface area contributed by atoms with Gasteiger partial charge in [-0.15, -0.1) is 0 Å². The molecule has 1 N–H and O–H groups in total. The summed E-state index contributed by atoms with van der Waals surface area (Å²) in [5.74, 6) is 0.523. The van der Waals surface area contributed by atoms with Gasteiger partial charge >= 0.3 is 0 Å². The van der Waals surface area contributed by atoms with Gasteiger partial charge in [0.15, 0.2) is 5.69 Å². The van der Waals surface area contributed by atoms with Gasteiger partial charge in [0.25, 0.3) is 5.91 Å². The molecule has 196 valence electrons. The van der Waals surface area contributed by atoms with Crippen LogP contribution in [0.3, 0.4) is 0 Å². The van der Waals surface area contributed by atoms with Crippen molar-refractivity contribution in [1.29, 1.82) is 5.26 Å². The molecule has 0 aliphatic carbocycles. The fraction of sp³-hybridized carbons (Fsp3) is 0.258. The van der Waals surface area contributed by atoms with E-state index < -0.39 is 0 Å². The molecule has 8 heteroatoms. The van der Waals surface area contributed by atoms with E-state index in [-0.39, 0.29) is 17.7 Å². The zero-order valence-corrected chi connectivity index (χ0v) is 21.7. The third-order valence-electron chi connectivity index (χ3n) is 7.59. The number of nitriles is 1. The summed E-state index contributed by atoms with van der Waals surface area (Å²) >= 11 is 0. The number of anilines is 1. The summed E-state index contributed by atoms with van der Waals surface area (Å²) in [5, 5.41) is 24.1. The van der Waals surface area contributed by atoms with E-state index in [0.29, 0.717) is 42.2 Å². The molecule has 1 amide bonds. The molecule has 0 spiro atoms. The Bertz CT molecular complexity index is 1550. The van der Waals surface area contributed by atoms with Crippen molar-refractivity contribution in [1.82, 2.24) is 14.7 Å². The van der Waals surface area contributed by atoms with Crippen LogP contribution >= 0.6 is 0 Å². The highest BCUT2D eigenvalue weighted by molar-refractivity contribution is 6.07. The number of hydrogen-bond donors (Lipinski definition) is 1. The van der Waals surface area contributed by atoms with Crippen LogP contribution in [0.1, 0.15) is 33.7 Å². The molecule has 0 bridgehead atoms. The average molecular weight is 520 g/mol. The maximum absolute atomic E-state index is 13.8. The van der Waals surface area contributed by atoms with E-state index in [1.165, 1.54) is 5.56 Å². The molecule has 6 rings (SSSR count). The van der Waals surface area contributed by atoms with Gasteiger partial charge in [-0.2, -0.15) is 10.4 Å². The maximum atomic E-state index is 13.8. The Morgan fingerprint density at radius 1 is 1.03 bits per heavy atom. The Kier molecular flexibility index (Phi) is 6.61. The number of amides is 1. The normalized spacial score (nSPS) is 17.2. The number of nitrogens with zero attached hydrogens (tertiary/aromatic N) is 5. The predicted octanol–water partition coefficient (Wildman–Crippen LogP) is 4.19. The molecule has 0 saturated carbocycles. The van der Waals surface area contributed by atoms with Crippen molar-refractivity contribution in [3.8, 4) is 28.6 Å². The number of likely N-dealkylation sites (tertiary alicyclic amines) is 1. The third-order valence-corrected chi connectivity index (χ3v) is 7.59. The molecule has 1 atom stereocenters. The van der Waals surface area contributed by atoms with Gasteiger partial charge in [-0.25, -0.2) is 4.68 Å². The Labute approximate surface area is 227 Å². The number of aromatic nitrogens is 2. The summed E-state index contributed by atoms with van der Waals surface area (Å²) in [6.45, 7) is 2.86. The highest BCUT2D eigenvalue weighted by Crippen LogP contribution is 2.32. The largest absolute Gasteiger partial charge is 0.497 e.